The van der Waals surface area contributed by atoms with Crippen LogP contribution in [0.3, 0.4) is 0 Å². The van der Waals surface area contributed by atoms with Crippen molar-refractivity contribution in [3.63, 3.8) is 0 Å². The maximum Gasteiger partial charge on any atom is 0.238 e. The lowest BCUT2D eigenvalue weighted by Crippen LogP contribution is -2.40. The summed E-state index contributed by atoms with van der Waals surface area (Å²) in [5.74, 6) is 2.14. The van der Waals surface area contributed by atoms with Crippen molar-refractivity contribution in [3.8, 4) is 0 Å². The Hall–Kier alpha value is -1.33. The number of hydrogen-bond donors (Lipinski definition) is 1. The van der Waals surface area contributed by atoms with Gasteiger partial charge in [0.15, 0.2) is 5.78 Å². The normalized spacial score (nSPS) is 19.8. The van der Waals surface area contributed by atoms with Crippen molar-refractivity contribution in [1.29, 1.82) is 0 Å². The number of carbonyl (C=O) groups is 2. The van der Waals surface area contributed by atoms with Crippen molar-refractivity contribution in [1.82, 2.24) is 4.90 Å². The molecule has 1 fully saturated rings. The molecule has 1 aromatic carbocycles. The molecular weight excluding hydrogens is 284 g/mol. The lowest BCUT2D eigenvalue weighted by Gasteiger charge is -2.25. The molecule has 0 radical (unpaired) electrons. The van der Waals surface area contributed by atoms with Gasteiger partial charge in [-0.15, -0.1) is 0 Å². The Balaban J connectivity index is 2.00. The molecule has 2 rings (SSSR count). The molecule has 114 valence electrons. The number of nitrogens with one attached hydrogen (secondary N) is 1. The first-order chi connectivity index (χ1) is 10.1. The molecule has 1 N–H and O–H groups in total. The van der Waals surface area contributed by atoms with Gasteiger partial charge in [0.05, 0.1) is 12.2 Å². The summed E-state index contributed by atoms with van der Waals surface area (Å²) in [4.78, 5) is 26.0. The first-order valence-electron chi connectivity index (χ1n) is 7.29. The maximum atomic E-state index is 12.2. The Morgan fingerprint density at radius 2 is 2.10 bits per heavy atom. The van der Waals surface area contributed by atoms with E-state index in [0.717, 1.165) is 24.5 Å². The molecule has 1 aliphatic rings. The van der Waals surface area contributed by atoms with Gasteiger partial charge >= 0.3 is 0 Å². The van der Waals surface area contributed by atoms with Gasteiger partial charge in [0.1, 0.15) is 0 Å². The second-order valence-corrected chi connectivity index (χ2v) is 6.60. The Morgan fingerprint density at radius 1 is 1.33 bits per heavy atom. The highest BCUT2D eigenvalue weighted by Gasteiger charge is 2.20. The van der Waals surface area contributed by atoms with E-state index >= 15 is 0 Å². The molecule has 5 heteroatoms. The van der Waals surface area contributed by atoms with E-state index in [0.29, 0.717) is 23.8 Å². The van der Waals surface area contributed by atoms with Crippen LogP contribution in [0.1, 0.15) is 30.6 Å². The average Bonchev–Trinajstić information content (AvgIpc) is 2.64. The van der Waals surface area contributed by atoms with Gasteiger partial charge in [0, 0.05) is 23.9 Å². The molecule has 4 nitrogen and oxygen atoms in total. The zero-order chi connectivity index (χ0) is 15.2. The molecule has 0 aromatic heterocycles. The molecule has 0 spiro atoms. The van der Waals surface area contributed by atoms with Crippen LogP contribution in [-0.4, -0.2) is 47.2 Å². The minimum absolute atomic E-state index is 0.0366. The molecule has 0 unspecified atom stereocenters. The van der Waals surface area contributed by atoms with Crippen molar-refractivity contribution >= 4 is 29.1 Å². The summed E-state index contributed by atoms with van der Waals surface area (Å²) >= 11 is 1.94. The minimum Gasteiger partial charge on any atom is -0.324 e. The van der Waals surface area contributed by atoms with Crippen LogP contribution in [-0.2, 0) is 4.79 Å². The van der Waals surface area contributed by atoms with Crippen molar-refractivity contribution in [3.05, 3.63) is 29.8 Å². The predicted molar refractivity (Wildman–Crippen MR) is 88.1 cm³/mol. The number of carbonyl (C=O) groups excluding carboxylic acids is 2. The number of anilines is 1. The summed E-state index contributed by atoms with van der Waals surface area (Å²) < 4.78 is 0. The number of benzene rings is 1. The largest absolute Gasteiger partial charge is 0.324 e. The predicted octanol–water partition coefficient (Wildman–Crippen LogP) is 2.66. The van der Waals surface area contributed by atoms with Gasteiger partial charge in [-0.3, -0.25) is 14.5 Å². The molecular formula is C16H22N2O2S. The monoisotopic (exact) mass is 306 g/mol. The number of ketones is 1. The SMILES string of the molecule is CC(=O)c1ccccc1NC(=O)CN1CCSCC[C@@H]1C. The summed E-state index contributed by atoms with van der Waals surface area (Å²) in [5, 5.41) is 2.87. The quantitative estimate of drug-likeness (QED) is 0.869. The smallest absolute Gasteiger partial charge is 0.238 e. The second-order valence-electron chi connectivity index (χ2n) is 5.37. The van der Waals surface area contributed by atoms with Gasteiger partial charge in [0.25, 0.3) is 0 Å². The number of Topliss-reactive ketones (excluding diaryl/α,β-unsaturated/α-hetero) is 1. The van der Waals surface area contributed by atoms with Crippen LogP contribution in [0, 0.1) is 0 Å². The summed E-state index contributed by atoms with van der Waals surface area (Å²) in [6.07, 6.45) is 1.11. The van der Waals surface area contributed by atoms with Crippen molar-refractivity contribution in [2.45, 2.75) is 26.3 Å². The van der Waals surface area contributed by atoms with E-state index in [9.17, 15) is 9.59 Å². The summed E-state index contributed by atoms with van der Waals surface area (Å²) in [7, 11) is 0. The van der Waals surface area contributed by atoms with Crippen molar-refractivity contribution < 1.29 is 9.59 Å². The number of thioether (sulfide) groups is 1. The van der Waals surface area contributed by atoms with Crippen molar-refractivity contribution in [2.24, 2.45) is 0 Å². The third kappa shape index (κ3) is 4.58. The molecule has 0 saturated carbocycles. The zero-order valence-electron chi connectivity index (χ0n) is 12.6. The summed E-state index contributed by atoms with van der Waals surface area (Å²) in [6.45, 7) is 5.00. The first kappa shape index (κ1) is 16.0. The first-order valence-corrected chi connectivity index (χ1v) is 8.45. The minimum atomic E-state index is -0.0533. The van der Waals surface area contributed by atoms with Crippen molar-refractivity contribution in [2.75, 3.05) is 29.9 Å². The number of para-hydroxylation sites is 1. The van der Waals surface area contributed by atoms with Crippen LogP contribution >= 0.6 is 11.8 Å². The van der Waals surface area contributed by atoms with E-state index in [1.54, 1.807) is 18.2 Å². The van der Waals surface area contributed by atoms with Crippen LogP contribution in [0.2, 0.25) is 0 Å². The Morgan fingerprint density at radius 3 is 2.86 bits per heavy atom. The van der Waals surface area contributed by atoms with Crippen LogP contribution < -0.4 is 5.32 Å². The molecule has 0 aliphatic carbocycles. The molecule has 1 saturated heterocycles. The molecule has 1 amide bonds. The molecule has 1 aliphatic heterocycles. The molecule has 1 heterocycles. The Bertz CT molecular complexity index is 519. The molecule has 0 bridgehead atoms. The Labute approximate surface area is 130 Å². The van der Waals surface area contributed by atoms with Gasteiger partial charge < -0.3 is 5.32 Å². The molecule has 1 aromatic rings. The number of rotatable bonds is 4. The van der Waals surface area contributed by atoms with Crippen LogP contribution in [0.25, 0.3) is 0 Å². The summed E-state index contributed by atoms with van der Waals surface area (Å²) in [6, 6.07) is 7.57. The fourth-order valence-electron chi connectivity index (χ4n) is 2.45. The highest BCUT2D eigenvalue weighted by Crippen LogP contribution is 2.18. The highest BCUT2D eigenvalue weighted by molar-refractivity contribution is 7.99. The average molecular weight is 306 g/mol. The Kier molecular flexibility index (Phi) is 5.82. The highest BCUT2D eigenvalue weighted by atomic mass is 32.2. The van der Waals surface area contributed by atoms with Gasteiger partial charge in [-0.1, -0.05) is 12.1 Å². The standard InChI is InChI=1S/C16H22N2O2S/c1-12-7-9-21-10-8-18(12)11-16(20)17-15-6-4-3-5-14(15)13(2)19/h3-6,12H,7-11H2,1-2H3,(H,17,20)/t12-/m0/s1. The lowest BCUT2D eigenvalue weighted by molar-refractivity contribution is -0.117. The third-order valence-electron chi connectivity index (χ3n) is 3.75. The number of amides is 1. The second kappa shape index (κ2) is 7.61. The van der Waals surface area contributed by atoms with E-state index in [4.69, 9.17) is 0 Å². The lowest BCUT2D eigenvalue weighted by atomic mass is 10.1. The van der Waals surface area contributed by atoms with E-state index < -0.39 is 0 Å². The van der Waals surface area contributed by atoms with Gasteiger partial charge in [-0.2, -0.15) is 11.8 Å². The third-order valence-corrected chi connectivity index (χ3v) is 4.75. The van der Waals surface area contributed by atoms with Gasteiger partial charge in [0.2, 0.25) is 5.91 Å². The van der Waals surface area contributed by atoms with Crippen LogP contribution in [0.15, 0.2) is 24.3 Å². The van der Waals surface area contributed by atoms with E-state index in [1.165, 1.54) is 6.92 Å². The van der Waals surface area contributed by atoms with Gasteiger partial charge in [-0.05, 0) is 38.2 Å². The number of nitrogens with zero attached hydrogens (tertiary/aromatic N) is 1. The maximum absolute atomic E-state index is 12.2. The van der Waals surface area contributed by atoms with E-state index in [2.05, 4.69) is 17.1 Å². The fraction of sp³-hybridized carbons (Fsp3) is 0.500. The number of hydrogen-bond acceptors (Lipinski definition) is 4. The van der Waals surface area contributed by atoms with E-state index in [-0.39, 0.29) is 11.7 Å². The van der Waals surface area contributed by atoms with Crippen LogP contribution in [0.5, 0.6) is 0 Å². The molecule has 21 heavy (non-hydrogen) atoms. The zero-order valence-corrected chi connectivity index (χ0v) is 13.4. The topological polar surface area (TPSA) is 49.4 Å². The molecule has 1 atom stereocenters. The fourth-order valence-corrected chi connectivity index (χ4v) is 3.52. The van der Waals surface area contributed by atoms with Crippen LogP contribution in [0.4, 0.5) is 5.69 Å². The van der Waals surface area contributed by atoms with E-state index in [1.807, 2.05) is 17.8 Å². The van der Waals surface area contributed by atoms with Gasteiger partial charge in [-0.25, -0.2) is 0 Å². The summed E-state index contributed by atoms with van der Waals surface area (Å²) in [5.41, 5.74) is 1.16.